The van der Waals surface area contributed by atoms with Crippen LogP contribution in [-0.4, -0.2) is 9.97 Å². The van der Waals surface area contributed by atoms with Crippen LogP contribution in [-0.2, 0) is 6.42 Å². The maximum atomic E-state index is 5.66. The fourth-order valence-corrected chi connectivity index (χ4v) is 2.68. The smallest absolute Gasteiger partial charge is 0.0897 e. The minimum Gasteiger partial charge on any atom is -0.271 e. The van der Waals surface area contributed by atoms with Crippen molar-refractivity contribution in [2.24, 2.45) is 5.84 Å². The van der Waals surface area contributed by atoms with Crippen molar-refractivity contribution < 1.29 is 0 Å². The lowest BCUT2D eigenvalue weighted by Crippen LogP contribution is -2.29. The van der Waals surface area contributed by atoms with Gasteiger partial charge in [0.1, 0.15) is 0 Å². The molecular formula is C13H18N4S. The molecule has 2 aromatic rings. The molecule has 0 fully saturated rings. The molecule has 1 atom stereocenters. The van der Waals surface area contributed by atoms with Gasteiger partial charge in [-0.05, 0) is 38.5 Å². The minimum atomic E-state index is 0.0758. The SMILES string of the molecule is Cc1cc(C(Cc2csc(C)n2)NN)cc(C)n1. The largest absolute Gasteiger partial charge is 0.271 e. The third kappa shape index (κ3) is 3.13. The van der Waals surface area contributed by atoms with Gasteiger partial charge in [0.2, 0.25) is 0 Å². The fourth-order valence-electron chi connectivity index (χ4n) is 2.05. The predicted octanol–water partition coefficient (Wildman–Crippen LogP) is 2.21. The summed E-state index contributed by atoms with van der Waals surface area (Å²) in [4.78, 5) is 8.86. The summed E-state index contributed by atoms with van der Waals surface area (Å²) in [6, 6.07) is 4.21. The molecule has 96 valence electrons. The molecule has 0 aliphatic rings. The van der Waals surface area contributed by atoms with Gasteiger partial charge in [0, 0.05) is 23.2 Å². The van der Waals surface area contributed by atoms with Crippen molar-refractivity contribution in [3.05, 3.63) is 45.2 Å². The third-order valence-electron chi connectivity index (χ3n) is 2.79. The molecular weight excluding hydrogens is 244 g/mol. The molecule has 2 heterocycles. The first kappa shape index (κ1) is 13.1. The zero-order valence-electron chi connectivity index (χ0n) is 10.9. The highest BCUT2D eigenvalue weighted by Gasteiger charge is 2.13. The quantitative estimate of drug-likeness (QED) is 0.655. The molecule has 0 saturated heterocycles. The topological polar surface area (TPSA) is 63.8 Å². The molecule has 0 amide bonds. The Bertz CT molecular complexity index is 515. The summed E-state index contributed by atoms with van der Waals surface area (Å²) >= 11 is 1.67. The summed E-state index contributed by atoms with van der Waals surface area (Å²) in [5.74, 6) is 5.66. The van der Waals surface area contributed by atoms with Gasteiger partial charge in [0.05, 0.1) is 16.7 Å². The van der Waals surface area contributed by atoms with Crippen molar-refractivity contribution in [3.8, 4) is 0 Å². The van der Waals surface area contributed by atoms with E-state index in [4.69, 9.17) is 5.84 Å². The summed E-state index contributed by atoms with van der Waals surface area (Å²) in [6.07, 6.45) is 0.795. The molecule has 2 aromatic heterocycles. The van der Waals surface area contributed by atoms with E-state index in [0.29, 0.717) is 0 Å². The summed E-state index contributed by atoms with van der Waals surface area (Å²) in [6.45, 7) is 6.01. The Morgan fingerprint density at radius 1 is 1.22 bits per heavy atom. The van der Waals surface area contributed by atoms with Crippen LogP contribution in [0, 0.1) is 20.8 Å². The molecule has 0 aromatic carbocycles. The Kier molecular flexibility index (Phi) is 4.06. The van der Waals surface area contributed by atoms with Gasteiger partial charge in [-0.2, -0.15) is 0 Å². The molecule has 18 heavy (non-hydrogen) atoms. The van der Waals surface area contributed by atoms with Crippen LogP contribution in [0.5, 0.6) is 0 Å². The maximum absolute atomic E-state index is 5.66. The van der Waals surface area contributed by atoms with E-state index in [2.05, 4.69) is 32.9 Å². The summed E-state index contributed by atoms with van der Waals surface area (Å²) in [5, 5.41) is 3.17. The number of nitrogens with zero attached hydrogens (tertiary/aromatic N) is 2. The Morgan fingerprint density at radius 2 is 1.89 bits per heavy atom. The highest BCUT2D eigenvalue weighted by Crippen LogP contribution is 2.20. The van der Waals surface area contributed by atoms with Crippen LogP contribution >= 0.6 is 11.3 Å². The summed E-state index contributed by atoms with van der Waals surface area (Å²) in [5.41, 5.74) is 7.13. The predicted molar refractivity (Wildman–Crippen MR) is 74.3 cm³/mol. The standard InChI is InChI=1S/C13H18N4S/c1-8-4-11(5-9(2)15-8)13(17-14)6-12-7-18-10(3)16-12/h4-5,7,13,17H,6,14H2,1-3H3. The van der Waals surface area contributed by atoms with Crippen LogP contribution < -0.4 is 11.3 Å². The number of pyridine rings is 1. The molecule has 0 bridgehead atoms. The second-order valence-electron chi connectivity index (χ2n) is 4.46. The number of aromatic nitrogens is 2. The number of hydrogen-bond donors (Lipinski definition) is 2. The molecule has 0 aliphatic carbocycles. The lowest BCUT2D eigenvalue weighted by Gasteiger charge is -2.16. The molecule has 0 radical (unpaired) electrons. The van der Waals surface area contributed by atoms with Gasteiger partial charge in [-0.1, -0.05) is 0 Å². The molecule has 0 spiro atoms. The Labute approximate surface area is 111 Å². The van der Waals surface area contributed by atoms with Gasteiger partial charge in [0.25, 0.3) is 0 Å². The van der Waals surface area contributed by atoms with Gasteiger partial charge in [-0.15, -0.1) is 11.3 Å². The number of thiazole rings is 1. The van der Waals surface area contributed by atoms with Crippen LogP contribution in [0.4, 0.5) is 0 Å². The average molecular weight is 262 g/mol. The maximum Gasteiger partial charge on any atom is 0.0897 e. The second kappa shape index (κ2) is 5.56. The van der Waals surface area contributed by atoms with E-state index in [1.807, 2.05) is 20.8 Å². The lowest BCUT2D eigenvalue weighted by atomic mass is 10.0. The van der Waals surface area contributed by atoms with Crippen LogP contribution in [0.2, 0.25) is 0 Å². The van der Waals surface area contributed by atoms with Gasteiger partial charge in [-0.25, -0.2) is 4.98 Å². The highest BCUT2D eigenvalue weighted by molar-refractivity contribution is 7.09. The highest BCUT2D eigenvalue weighted by atomic mass is 32.1. The van der Waals surface area contributed by atoms with Crippen molar-refractivity contribution in [1.29, 1.82) is 0 Å². The van der Waals surface area contributed by atoms with E-state index in [9.17, 15) is 0 Å². The van der Waals surface area contributed by atoms with Crippen molar-refractivity contribution in [2.75, 3.05) is 0 Å². The van der Waals surface area contributed by atoms with Crippen LogP contribution in [0.3, 0.4) is 0 Å². The Balaban J connectivity index is 2.22. The Morgan fingerprint density at radius 3 is 2.39 bits per heavy atom. The Hall–Kier alpha value is -1.30. The minimum absolute atomic E-state index is 0.0758. The van der Waals surface area contributed by atoms with E-state index in [-0.39, 0.29) is 6.04 Å². The molecule has 1 unspecified atom stereocenters. The second-order valence-corrected chi connectivity index (χ2v) is 5.53. The van der Waals surface area contributed by atoms with Crippen molar-refractivity contribution in [2.45, 2.75) is 33.2 Å². The fraction of sp³-hybridized carbons (Fsp3) is 0.385. The normalized spacial score (nSPS) is 12.7. The first-order chi connectivity index (χ1) is 8.58. The zero-order chi connectivity index (χ0) is 13.1. The van der Waals surface area contributed by atoms with Gasteiger partial charge >= 0.3 is 0 Å². The van der Waals surface area contributed by atoms with E-state index in [0.717, 1.165) is 34.1 Å². The number of hydrazine groups is 1. The number of nitrogens with one attached hydrogen (secondary N) is 1. The molecule has 3 N–H and O–H groups in total. The van der Waals surface area contributed by atoms with Gasteiger partial charge < -0.3 is 0 Å². The number of aryl methyl sites for hydroxylation is 3. The van der Waals surface area contributed by atoms with Gasteiger partial charge in [-0.3, -0.25) is 16.3 Å². The zero-order valence-corrected chi connectivity index (χ0v) is 11.7. The molecule has 0 aliphatic heterocycles. The molecule has 4 nitrogen and oxygen atoms in total. The number of nitrogens with two attached hydrogens (primary N) is 1. The monoisotopic (exact) mass is 262 g/mol. The van der Waals surface area contributed by atoms with Crippen LogP contribution in [0.25, 0.3) is 0 Å². The van der Waals surface area contributed by atoms with Gasteiger partial charge in [0.15, 0.2) is 0 Å². The van der Waals surface area contributed by atoms with Crippen molar-refractivity contribution in [1.82, 2.24) is 15.4 Å². The first-order valence-corrected chi connectivity index (χ1v) is 6.79. The summed E-state index contributed by atoms with van der Waals surface area (Å²) in [7, 11) is 0. The summed E-state index contributed by atoms with van der Waals surface area (Å²) < 4.78 is 0. The molecule has 2 rings (SSSR count). The first-order valence-electron chi connectivity index (χ1n) is 5.91. The third-order valence-corrected chi connectivity index (χ3v) is 3.61. The number of rotatable bonds is 4. The van der Waals surface area contributed by atoms with Crippen molar-refractivity contribution >= 4 is 11.3 Å². The van der Waals surface area contributed by atoms with E-state index < -0.39 is 0 Å². The van der Waals surface area contributed by atoms with Crippen molar-refractivity contribution in [3.63, 3.8) is 0 Å². The molecule has 5 heteroatoms. The van der Waals surface area contributed by atoms with E-state index in [1.165, 1.54) is 0 Å². The lowest BCUT2D eigenvalue weighted by molar-refractivity contribution is 0.545. The average Bonchev–Trinajstić information content (AvgIpc) is 2.70. The number of hydrogen-bond acceptors (Lipinski definition) is 5. The van der Waals surface area contributed by atoms with E-state index in [1.54, 1.807) is 11.3 Å². The van der Waals surface area contributed by atoms with E-state index >= 15 is 0 Å². The molecule has 0 saturated carbocycles. The van der Waals surface area contributed by atoms with Crippen LogP contribution in [0.1, 0.15) is 33.7 Å². The van der Waals surface area contributed by atoms with Crippen LogP contribution in [0.15, 0.2) is 17.5 Å².